The lowest BCUT2D eigenvalue weighted by Gasteiger charge is -2.36. The fraction of sp³-hybridized carbons (Fsp3) is 0.824. The highest BCUT2D eigenvalue weighted by atomic mass is 16.4. The number of aliphatic carboxylic acids is 1. The molecule has 0 spiro atoms. The number of rotatable bonds is 6. The number of nitrogens with zero attached hydrogens (tertiary/aromatic N) is 1. The summed E-state index contributed by atoms with van der Waals surface area (Å²) in [6.45, 7) is 2.79. The van der Waals surface area contributed by atoms with E-state index < -0.39 is 12.0 Å². The fourth-order valence-corrected chi connectivity index (χ4v) is 3.92. The van der Waals surface area contributed by atoms with Crippen LogP contribution < -0.4 is 5.32 Å². The SMILES string of the molecule is CC(=O)N[C@@H](C(=O)N1CCC[C@@H](CCC(=O)O)C1)C1CCCC1. The molecule has 0 radical (unpaired) electrons. The average molecular weight is 324 g/mol. The number of piperidine rings is 1. The number of hydrogen-bond acceptors (Lipinski definition) is 3. The van der Waals surface area contributed by atoms with E-state index in [-0.39, 0.29) is 30.1 Å². The fourth-order valence-electron chi connectivity index (χ4n) is 3.92. The van der Waals surface area contributed by atoms with E-state index in [0.29, 0.717) is 19.5 Å². The Labute approximate surface area is 137 Å². The Hall–Kier alpha value is -1.59. The first-order valence-electron chi connectivity index (χ1n) is 8.75. The van der Waals surface area contributed by atoms with Crippen molar-refractivity contribution >= 4 is 17.8 Å². The van der Waals surface area contributed by atoms with E-state index in [1.54, 1.807) is 0 Å². The van der Waals surface area contributed by atoms with Gasteiger partial charge in [0.25, 0.3) is 0 Å². The van der Waals surface area contributed by atoms with Gasteiger partial charge in [0.05, 0.1) is 0 Å². The van der Waals surface area contributed by atoms with Crippen LogP contribution in [0.3, 0.4) is 0 Å². The zero-order valence-corrected chi connectivity index (χ0v) is 13.9. The van der Waals surface area contributed by atoms with Crippen molar-refractivity contribution in [2.45, 2.75) is 64.3 Å². The maximum Gasteiger partial charge on any atom is 0.303 e. The highest BCUT2D eigenvalue weighted by molar-refractivity contribution is 5.87. The molecule has 2 aliphatic rings. The van der Waals surface area contributed by atoms with Gasteiger partial charge in [-0.1, -0.05) is 12.8 Å². The number of carbonyl (C=O) groups excluding carboxylic acids is 2. The van der Waals surface area contributed by atoms with E-state index in [2.05, 4.69) is 5.32 Å². The lowest BCUT2D eigenvalue weighted by atomic mass is 9.91. The summed E-state index contributed by atoms with van der Waals surface area (Å²) in [6, 6.07) is -0.409. The first kappa shape index (κ1) is 17.8. The highest BCUT2D eigenvalue weighted by Gasteiger charge is 2.35. The van der Waals surface area contributed by atoms with Gasteiger partial charge >= 0.3 is 5.97 Å². The molecule has 6 heteroatoms. The first-order valence-corrected chi connectivity index (χ1v) is 8.75. The van der Waals surface area contributed by atoms with Crippen LogP contribution in [0.25, 0.3) is 0 Å². The average Bonchev–Trinajstić information content (AvgIpc) is 3.04. The molecule has 1 heterocycles. The zero-order chi connectivity index (χ0) is 16.8. The molecule has 2 fully saturated rings. The molecule has 2 amide bonds. The lowest BCUT2D eigenvalue weighted by Crippen LogP contribution is -2.53. The number of likely N-dealkylation sites (tertiary alicyclic amines) is 1. The van der Waals surface area contributed by atoms with E-state index in [0.717, 1.165) is 38.5 Å². The molecule has 130 valence electrons. The number of carboxylic acids is 1. The minimum atomic E-state index is -0.782. The molecule has 2 rings (SSSR count). The van der Waals surface area contributed by atoms with Gasteiger partial charge in [0.15, 0.2) is 0 Å². The third-order valence-corrected chi connectivity index (χ3v) is 5.09. The summed E-state index contributed by atoms with van der Waals surface area (Å²) >= 11 is 0. The second-order valence-corrected chi connectivity index (χ2v) is 6.95. The summed E-state index contributed by atoms with van der Waals surface area (Å²) in [4.78, 5) is 37.0. The molecule has 2 atom stereocenters. The zero-order valence-electron chi connectivity index (χ0n) is 13.9. The molecule has 6 nitrogen and oxygen atoms in total. The maximum atomic E-state index is 12.9. The predicted molar refractivity (Wildman–Crippen MR) is 85.7 cm³/mol. The monoisotopic (exact) mass is 324 g/mol. The number of amides is 2. The second kappa shape index (κ2) is 8.31. The van der Waals surface area contributed by atoms with Gasteiger partial charge in [-0.15, -0.1) is 0 Å². The molecule has 1 saturated carbocycles. The molecular weight excluding hydrogens is 296 g/mol. The van der Waals surface area contributed by atoms with Gasteiger partial charge in [0.2, 0.25) is 11.8 Å². The summed E-state index contributed by atoms with van der Waals surface area (Å²) in [7, 11) is 0. The Kier molecular flexibility index (Phi) is 6.42. The minimum Gasteiger partial charge on any atom is -0.481 e. The normalized spacial score (nSPS) is 23.5. The van der Waals surface area contributed by atoms with Crippen molar-refractivity contribution in [3.05, 3.63) is 0 Å². The van der Waals surface area contributed by atoms with Crippen LogP contribution in [-0.2, 0) is 14.4 Å². The van der Waals surface area contributed by atoms with Crippen LogP contribution in [0.15, 0.2) is 0 Å². The molecule has 0 aromatic rings. The quantitative estimate of drug-likeness (QED) is 0.780. The van der Waals surface area contributed by atoms with Gasteiger partial charge in [-0.2, -0.15) is 0 Å². The molecule has 1 aliphatic carbocycles. The molecule has 0 aromatic carbocycles. The van der Waals surface area contributed by atoms with Crippen LogP contribution >= 0.6 is 0 Å². The Morgan fingerprint density at radius 2 is 1.87 bits per heavy atom. The summed E-state index contributed by atoms with van der Waals surface area (Å²) < 4.78 is 0. The molecule has 2 N–H and O–H groups in total. The smallest absolute Gasteiger partial charge is 0.303 e. The van der Waals surface area contributed by atoms with E-state index >= 15 is 0 Å². The van der Waals surface area contributed by atoms with Gasteiger partial charge in [0, 0.05) is 26.4 Å². The van der Waals surface area contributed by atoms with E-state index in [1.807, 2.05) is 4.90 Å². The van der Waals surface area contributed by atoms with Crippen LogP contribution in [-0.4, -0.2) is 46.9 Å². The minimum absolute atomic E-state index is 0.0205. The van der Waals surface area contributed by atoms with Crippen molar-refractivity contribution in [1.29, 1.82) is 0 Å². The standard InChI is InChI=1S/C17H28N2O4/c1-12(20)18-16(14-6-2-3-7-14)17(23)19-10-4-5-13(11-19)8-9-15(21)22/h13-14,16H,2-11H2,1H3,(H,18,20)(H,21,22)/t13-,16+/m0/s1. The largest absolute Gasteiger partial charge is 0.481 e. The van der Waals surface area contributed by atoms with Crippen molar-refractivity contribution < 1.29 is 19.5 Å². The Balaban J connectivity index is 1.97. The van der Waals surface area contributed by atoms with Gasteiger partial charge in [-0.3, -0.25) is 14.4 Å². The summed E-state index contributed by atoms with van der Waals surface area (Å²) in [5, 5.41) is 11.7. The van der Waals surface area contributed by atoms with Gasteiger partial charge in [-0.05, 0) is 43.9 Å². The van der Waals surface area contributed by atoms with Crippen LogP contribution in [0, 0.1) is 11.8 Å². The third-order valence-electron chi connectivity index (χ3n) is 5.09. The predicted octanol–water partition coefficient (Wildman–Crippen LogP) is 1.78. The topological polar surface area (TPSA) is 86.7 Å². The lowest BCUT2D eigenvalue weighted by molar-refractivity contribution is -0.139. The van der Waals surface area contributed by atoms with E-state index in [4.69, 9.17) is 5.11 Å². The summed E-state index contributed by atoms with van der Waals surface area (Å²) in [5.74, 6) is -0.423. The highest BCUT2D eigenvalue weighted by Crippen LogP contribution is 2.30. The van der Waals surface area contributed by atoms with Crippen molar-refractivity contribution in [3.8, 4) is 0 Å². The van der Waals surface area contributed by atoms with E-state index in [9.17, 15) is 14.4 Å². The van der Waals surface area contributed by atoms with Crippen LogP contribution in [0.2, 0.25) is 0 Å². The van der Waals surface area contributed by atoms with Crippen LogP contribution in [0.4, 0.5) is 0 Å². The van der Waals surface area contributed by atoms with Crippen molar-refractivity contribution in [2.75, 3.05) is 13.1 Å². The Morgan fingerprint density at radius 3 is 2.48 bits per heavy atom. The van der Waals surface area contributed by atoms with Gasteiger partial charge < -0.3 is 15.3 Å². The Morgan fingerprint density at radius 1 is 1.17 bits per heavy atom. The number of carboxylic acid groups (broad SMARTS) is 1. The van der Waals surface area contributed by atoms with Gasteiger partial charge in [-0.25, -0.2) is 0 Å². The molecule has 0 unspecified atom stereocenters. The number of carbonyl (C=O) groups is 3. The number of hydrogen-bond donors (Lipinski definition) is 2. The van der Waals surface area contributed by atoms with Gasteiger partial charge in [0.1, 0.15) is 6.04 Å². The third kappa shape index (κ3) is 5.22. The molecule has 0 bridgehead atoms. The molecule has 23 heavy (non-hydrogen) atoms. The van der Waals surface area contributed by atoms with E-state index in [1.165, 1.54) is 6.92 Å². The van der Waals surface area contributed by atoms with Crippen molar-refractivity contribution in [2.24, 2.45) is 11.8 Å². The molecule has 0 aromatic heterocycles. The number of nitrogens with one attached hydrogen (secondary N) is 1. The van der Waals surface area contributed by atoms with Crippen molar-refractivity contribution in [3.63, 3.8) is 0 Å². The molecular formula is C17H28N2O4. The van der Waals surface area contributed by atoms with Crippen molar-refractivity contribution in [1.82, 2.24) is 10.2 Å². The summed E-state index contributed by atoms with van der Waals surface area (Å²) in [6.07, 6.45) is 6.89. The molecule has 1 aliphatic heterocycles. The second-order valence-electron chi connectivity index (χ2n) is 6.95. The first-order chi connectivity index (χ1) is 11.0. The summed E-state index contributed by atoms with van der Waals surface area (Å²) in [5.41, 5.74) is 0. The Bertz CT molecular complexity index is 446. The molecule has 1 saturated heterocycles. The van der Waals surface area contributed by atoms with Crippen LogP contribution in [0.5, 0.6) is 0 Å². The van der Waals surface area contributed by atoms with Crippen LogP contribution in [0.1, 0.15) is 58.3 Å². The maximum absolute atomic E-state index is 12.9.